The van der Waals surface area contributed by atoms with E-state index in [-0.39, 0.29) is 11.9 Å². The quantitative estimate of drug-likeness (QED) is 0.876. The molecule has 0 unspecified atom stereocenters. The third-order valence-corrected chi connectivity index (χ3v) is 4.58. The number of amides is 1. The molecule has 0 bridgehead atoms. The fourth-order valence-corrected chi connectivity index (χ4v) is 3.28. The lowest BCUT2D eigenvalue weighted by Crippen LogP contribution is -2.44. The van der Waals surface area contributed by atoms with Gasteiger partial charge in [-0.3, -0.25) is 9.78 Å². The Bertz CT molecular complexity index is 674. The van der Waals surface area contributed by atoms with Gasteiger partial charge in [-0.15, -0.1) is 0 Å². The Hall–Kier alpha value is -2.50. The zero-order valence-electron chi connectivity index (χ0n) is 14.7. The molecule has 2 aromatic heterocycles. The molecule has 25 heavy (non-hydrogen) atoms. The zero-order valence-corrected chi connectivity index (χ0v) is 14.7. The number of anilines is 1. The molecule has 1 atom stereocenters. The first kappa shape index (κ1) is 17.3. The number of carbonyl (C=O) groups excluding carboxylic acids is 1. The lowest BCUT2D eigenvalue weighted by molar-refractivity contribution is 0.0600. The van der Waals surface area contributed by atoms with Crippen LogP contribution in [-0.4, -0.2) is 44.9 Å². The number of rotatable bonds is 6. The summed E-state index contributed by atoms with van der Waals surface area (Å²) in [5.74, 6) is 0.596. The van der Waals surface area contributed by atoms with Crippen LogP contribution in [0, 0.1) is 0 Å². The van der Waals surface area contributed by atoms with Crippen LogP contribution in [0.1, 0.15) is 48.7 Å². The normalized spacial score (nSPS) is 17.3. The summed E-state index contributed by atoms with van der Waals surface area (Å²) in [7, 11) is 0. The molecule has 6 nitrogen and oxygen atoms in total. The van der Waals surface area contributed by atoms with Crippen LogP contribution in [0.5, 0.6) is 0 Å². The Balaban J connectivity index is 1.66. The van der Waals surface area contributed by atoms with Crippen molar-refractivity contribution in [1.29, 1.82) is 0 Å². The van der Waals surface area contributed by atoms with Crippen molar-refractivity contribution in [1.82, 2.24) is 19.9 Å². The van der Waals surface area contributed by atoms with Gasteiger partial charge in [-0.2, -0.15) is 0 Å². The molecule has 1 saturated heterocycles. The third kappa shape index (κ3) is 4.53. The molecule has 132 valence electrons. The van der Waals surface area contributed by atoms with Crippen LogP contribution in [-0.2, 0) is 6.42 Å². The molecule has 1 aliphatic heterocycles. The van der Waals surface area contributed by atoms with Crippen LogP contribution in [0.25, 0.3) is 0 Å². The highest BCUT2D eigenvalue weighted by molar-refractivity contribution is 5.94. The molecular formula is C19H25N5O. The minimum Gasteiger partial charge on any atom is -0.355 e. The number of hydrogen-bond donors (Lipinski definition) is 1. The molecule has 1 N–H and O–H groups in total. The van der Waals surface area contributed by atoms with E-state index in [1.807, 2.05) is 36.2 Å². The molecule has 2 aromatic rings. The Kier molecular flexibility index (Phi) is 5.93. The Morgan fingerprint density at radius 1 is 1.24 bits per heavy atom. The highest BCUT2D eigenvalue weighted by Crippen LogP contribution is 2.23. The van der Waals surface area contributed by atoms with Gasteiger partial charge in [-0.05, 0) is 51.2 Å². The number of aromatic nitrogens is 3. The number of pyridine rings is 1. The highest BCUT2D eigenvalue weighted by Gasteiger charge is 2.27. The standard InChI is InChI=1S/C19H25N5O/c1-2-20-19-22-13-15(14-23-19)18(25)24-12-6-4-8-17(24)10-9-16-7-3-5-11-21-16/h3,5,7,11,13-14,17H,2,4,6,8-10,12H2,1H3,(H,20,22,23)/t17-/m1/s1. The van der Waals surface area contributed by atoms with Crippen molar-refractivity contribution >= 4 is 11.9 Å². The number of nitrogens with zero attached hydrogens (tertiary/aromatic N) is 4. The largest absolute Gasteiger partial charge is 0.355 e. The maximum atomic E-state index is 12.9. The average molecular weight is 339 g/mol. The first-order chi connectivity index (χ1) is 12.3. The number of piperidine rings is 1. The van der Waals surface area contributed by atoms with Gasteiger partial charge in [0.1, 0.15) is 0 Å². The predicted octanol–water partition coefficient (Wildman–Crippen LogP) is 2.93. The van der Waals surface area contributed by atoms with E-state index in [2.05, 4.69) is 20.3 Å². The molecule has 1 fully saturated rings. The van der Waals surface area contributed by atoms with Gasteiger partial charge in [-0.25, -0.2) is 9.97 Å². The summed E-state index contributed by atoms with van der Waals surface area (Å²) in [5, 5.41) is 3.05. The van der Waals surface area contributed by atoms with E-state index in [0.29, 0.717) is 11.5 Å². The van der Waals surface area contributed by atoms with Crippen LogP contribution in [0.3, 0.4) is 0 Å². The molecule has 0 spiro atoms. The first-order valence-electron chi connectivity index (χ1n) is 9.04. The maximum absolute atomic E-state index is 12.9. The summed E-state index contributed by atoms with van der Waals surface area (Å²) in [6.07, 6.45) is 10.2. The molecule has 3 rings (SSSR count). The van der Waals surface area contributed by atoms with Gasteiger partial charge in [0, 0.05) is 43.4 Å². The predicted molar refractivity (Wildman–Crippen MR) is 97.4 cm³/mol. The zero-order chi connectivity index (χ0) is 17.5. The van der Waals surface area contributed by atoms with Crippen LogP contribution in [0.4, 0.5) is 5.95 Å². The van der Waals surface area contributed by atoms with Crippen molar-refractivity contribution in [2.24, 2.45) is 0 Å². The van der Waals surface area contributed by atoms with Crippen LogP contribution in [0.2, 0.25) is 0 Å². The van der Waals surface area contributed by atoms with Gasteiger partial charge in [-0.1, -0.05) is 6.07 Å². The van der Waals surface area contributed by atoms with Crippen molar-refractivity contribution < 1.29 is 4.79 Å². The van der Waals surface area contributed by atoms with E-state index in [0.717, 1.165) is 44.5 Å². The minimum atomic E-state index is 0.0359. The number of nitrogens with one attached hydrogen (secondary N) is 1. The monoisotopic (exact) mass is 339 g/mol. The molecule has 0 saturated carbocycles. The number of aryl methyl sites for hydroxylation is 1. The Morgan fingerprint density at radius 2 is 2.08 bits per heavy atom. The van der Waals surface area contributed by atoms with Crippen molar-refractivity contribution in [2.45, 2.75) is 45.1 Å². The third-order valence-electron chi connectivity index (χ3n) is 4.58. The number of carbonyl (C=O) groups is 1. The second kappa shape index (κ2) is 8.55. The van der Waals surface area contributed by atoms with E-state index in [4.69, 9.17) is 0 Å². The second-order valence-corrected chi connectivity index (χ2v) is 6.33. The van der Waals surface area contributed by atoms with Gasteiger partial charge in [0.2, 0.25) is 5.95 Å². The topological polar surface area (TPSA) is 71.0 Å². The summed E-state index contributed by atoms with van der Waals surface area (Å²) < 4.78 is 0. The van der Waals surface area contributed by atoms with Crippen molar-refractivity contribution in [3.05, 3.63) is 48.0 Å². The van der Waals surface area contributed by atoms with E-state index in [1.165, 1.54) is 6.42 Å². The van der Waals surface area contributed by atoms with Crippen molar-refractivity contribution in [3.8, 4) is 0 Å². The van der Waals surface area contributed by atoms with E-state index in [1.54, 1.807) is 12.4 Å². The first-order valence-corrected chi connectivity index (χ1v) is 9.04. The Morgan fingerprint density at radius 3 is 2.80 bits per heavy atom. The van der Waals surface area contributed by atoms with Gasteiger partial charge in [0.15, 0.2) is 0 Å². The minimum absolute atomic E-state index is 0.0359. The molecule has 0 aromatic carbocycles. The lowest BCUT2D eigenvalue weighted by atomic mass is 9.96. The van der Waals surface area contributed by atoms with Gasteiger partial charge < -0.3 is 10.2 Å². The van der Waals surface area contributed by atoms with Gasteiger partial charge in [0.25, 0.3) is 5.91 Å². The van der Waals surface area contributed by atoms with Crippen LogP contribution in [0.15, 0.2) is 36.8 Å². The van der Waals surface area contributed by atoms with Gasteiger partial charge in [0.05, 0.1) is 5.56 Å². The van der Waals surface area contributed by atoms with Gasteiger partial charge >= 0.3 is 0 Å². The molecule has 0 radical (unpaired) electrons. The van der Waals surface area contributed by atoms with E-state index < -0.39 is 0 Å². The van der Waals surface area contributed by atoms with Crippen LogP contribution >= 0.6 is 0 Å². The van der Waals surface area contributed by atoms with E-state index in [9.17, 15) is 4.79 Å². The summed E-state index contributed by atoms with van der Waals surface area (Å²) in [5.41, 5.74) is 1.64. The Labute approximate surface area is 148 Å². The molecule has 6 heteroatoms. The SMILES string of the molecule is CCNc1ncc(C(=O)N2CCCC[C@@H]2CCc2ccccn2)cn1. The number of likely N-dealkylation sites (tertiary alicyclic amines) is 1. The van der Waals surface area contributed by atoms with Crippen molar-refractivity contribution in [3.63, 3.8) is 0 Å². The fourth-order valence-electron chi connectivity index (χ4n) is 3.28. The second-order valence-electron chi connectivity index (χ2n) is 6.33. The average Bonchev–Trinajstić information content (AvgIpc) is 2.68. The smallest absolute Gasteiger partial charge is 0.257 e. The molecule has 1 aliphatic rings. The highest BCUT2D eigenvalue weighted by atomic mass is 16.2. The lowest BCUT2D eigenvalue weighted by Gasteiger charge is -2.36. The summed E-state index contributed by atoms with van der Waals surface area (Å²) in [6, 6.07) is 6.24. The summed E-state index contributed by atoms with van der Waals surface area (Å²) >= 11 is 0. The van der Waals surface area contributed by atoms with Crippen molar-refractivity contribution in [2.75, 3.05) is 18.4 Å². The molecule has 1 amide bonds. The molecular weight excluding hydrogens is 314 g/mol. The van der Waals surface area contributed by atoms with Crippen LogP contribution < -0.4 is 5.32 Å². The van der Waals surface area contributed by atoms with E-state index >= 15 is 0 Å². The maximum Gasteiger partial charge on any atom is 0.257 e. The molecule has 3 heterocycles. The summed E-state index contributed by atoms with van der Waals surface area (Å²) in [6.45, 7) is 3.55. The summed E-state index contributed by atoms with van der Waals surface area (Å²) in [4.78, 5) is 27.7. The fraction of sp³-hybridized carbons (Fsp3) is 0.474. The molecule has 0 aliphatic carbocycles. The number of hydrogen-bond acceptors (Lipinski definition) is 5.